The van der Waals surface area contributed by atoms with Gasteiger partial charge in [0.15, 0.2) is 0 Å². The Bertz CT molecular complexity index is 386. The predicted octanol–water partition coefficient (Wildman–Crippen LogP) is 2.92. The topological polar surface area (TPSA) is 29.3 Å². The Labute approximate surface area is 109 Å². The molecule has 2 N–H and O–H groups in total. The van der Waals surface area contributed by atoms with Crippen molar-refractivity contribution in [1.82, 2.24) is 4.90 Å². The molecule has 0 unspecified atom stereocenters. The maximum atomic E-state index is 13.2. The molecule has 0 spiro atoms. The predicted molar refractivity (Wildman–Crippen MR) is 72.7 cm³/mol. The van der Waals surface area contributed by atoms with Crippen LogP contribution in [-0.2, 0) is 6.54 Å². The van der Waals surface area contributed by atoms with Crippen LogP contribution in [0.1, 0.15) is 37.7 Å². The van der Waals surface area contributed by atoms with E-state index >= 15 is 0 Å². The van der Waals surface area contributed by atoms with Crippen LogP contribution in [0.2, 0.25) is 0 Å². The van der Waals surface area contributed by atoms with Crippen molar-refractivity contribution in [1.29, 1.82) is 0 Å². The largest absolute Gasteiger partial charge is 0.329 e. The van der Waals surface area contributed by atoms with Gasteiger partial charge in [0.1, 0.15) is 5.82 Å². The highest BCUT2D eigenvalue weighted by Gasteiger charge is 2.34. The zero-order chi connectivity index (χ0) is 13.0. The van der Waals surface area contributed by atoms with Crippen molar-refractivity contribution >= 4 is 0 Å². The van der Waals surface area contributed by atoms with Crippen molar-refractivity contribution in [3.05, 3.63) is 35.6 Å². The van der Waals surface area contributed by atoms with Crippen molar-refractivity contribution < 1.29 is 4.39 Å². The first-order chi connectivity index (χ1) is 8.66. The van der Waals surface area contributed by atoms with Gasteiger partial charge in [-0.25, -0.2) is 4.39 Å². The second-order valence-electron chi connectivity index (χ2n) is 5.48. The van der Waals surface area contributed by atoms with Gasteiger partial charge in [-0.3, -0.25) is 4.90 Å². The maximum absolute atomic E-state index is 13.2. The fourth-order valence-corrected chi connectivity index (χ4v) is 3.03. The quantitative estimate of drug-likeness (QED) is 0.890. The lowest BCUT2D eigenvalue weighted by atomic mass is 9.80. The summed E-state index contributed by atoms with van der Waals surface area (Å²) in [5.41, 5.74) is 7.15. The number of halogens is 1. The van der Waals surface area contributed by atoms with Crippen molar-refractivity contribution in [2.75, 3.05) is 13.6 Å². The van der Waals surface area contributed by atoms with E-state index in [4.69, 9.17) is 5.73 Å². The molecule has 0 bridgehead atoms. The van der Waals surface area contributed by atoms with Crippen LogP contribution in [0.3, 0.4) is 0 Å². The molecule has 1 aliphatic rings. The molecule has 0 atom stereocenters. The molecule has 1 aromatic rings. The van der Waals surface area contributed by atoms with Crippen molar-refractivity contribution in [3.63, 3.8) is 0 Å². The molecule has 100 valence electrons. The van der Waals surface area contributed by atoms with Crippen molar-refractivity contribution in [3.8, 4) is 0 Å². The molecule has 2 nitrogen and oxygen atoms in total. The number of hydrogen-bond acceptors (Lipinski definition) is 2. The Morgan fingerprint density at radius 2 is 2.00 bits per heavy atom. The first-order valence-corrected chi connectivity index (χ1v) is 6.82. The normalized spacial score (nSPS) is 19.1. The smallest absolute Gasteiger partial charge is 0.123 e. The third kappa shape index (κ3) is 2.90. The van der Waals surface area contributed by atoms with E-state index in [1.54, 1.807) is 12.1 Å². The second kappa shape index (κ2) is 5.81. The Kier molecular flexibility index (Phi) is 4.36. The number of hydrogen-bond donors (Lipinski definition) is 1. The molecule has 2 rings (SSSR count). The Balaban J connectivity index is 2.07. The number of benzene rings is 1. The third-order valence-corrected chi connectivity index (χ3v) is 4.28. The Hall–Kier alpha value is -0.930. The second-order valence-corrected chi connectivity index (χ2v) is 5.48. The average molecular weight is 250 g/mol. The zero-order valence-corrected chi connectivity index (χ0v) is 11.2. The van der Waals surface area contributed by atoms with Crippen molar-refractivity contribution in [2.24, 2.45) is 5.73 Å². The zero-order valence-electron chi connectivity index (χ0n) is 11.2. The third-order valence-electron chi connectivity index (χ3n) is 4.28. The maximum Gasteiger partial charge on any atom is 0.123 e. The SMILES string of the molecule is CN(Cc1cccc(F)c1)C1(CN)CCCCC1. The van der Waals surface area contributed by atoms with Crippen LogP contribution in [-0.4, -0.2) is 24.0 Å². The van der Waals surface area contributed by atoms with Crippen LogP contribution in [0.25, 0.3) is 0 Å². The first kappa shape index (κ1) is 13.5. The summed E-state index contributed by atoms with van der Waals surface area (Å²) in [6, 6.07) is 6.85. The van der Waals surface area contributed by atoms with E-state index < -0.39 is 0 Å². The molecule has 1 aliphatic carbocycles. The van der Waals surface area contributed by atoms with Gasteiger partial charge >= 0.3 is 0 Å². The lowest BCUT2D eigenvalue weighted by Crippen LogP contribution is -2.52. The van der Waals surface area contributed by atoms with Crippen LogP contribution >= 0.6 is 0 Å². The summed E-state index contributed by atoms with van der Waals surface area (Å²) in [6.45, 7) is 1.47. The highest BCUT2D eigenvalue weighted by atomic mass is 19.1. The van der Waals surface area contributed by atoms with Gasteiger partial charge in [0.25, 0.3) is 0 Å². The molecule has 3 heteroatoms. The van der Waals surface area contributed by atoms with E-state index in [1.807, 2.05) is 6.07 Å². The van der Waals surface area contributed by atoms with Gasteiger partial charge in [0.2, 0.25) is 0 Å². The van der Waals surface area contributed by atoms with E-state index in [9.17, 15) is 4.39 Å². The highest BCUT2D eigenvalue weighted by Crippen LogP contribution is 2.32. The summed E-state index contributed by atoms with van der Waals surface area (Å²) >= 11 is 0. The van der Waals surface area contributed by atoms with Gasteiger partial charge < -0.3 is 5.73 Å². The summed E-state index contributed by atoms with van der Waals surface area (Å²) in [7, 11) is 2.11. The molecule has 18 heavy (non-hydrogen) atoms. The molecule has 1 fully saturated rings. The van der Waals surface area contributed by atoms with Crippen molar-refractivity contribution in [2.45, 2.75) is 44.2 Å². The molecule has 1 aromatic carbocycles. The number of likely N-dealkylation sites (N-methyl/N-ethyl adjacent to an activating group) is 1. The molecular weight excluding hydrogens is 227 g/mol. The van der Waals surface area contributed by atoms with E-state index in [2.05, 4.69) is 11.9 Å². The Morgan fingerprint density at radius 3 is 2.61 bits per heavy atom. The molecule has 0 aliphatic heterocycles. The molecule has 1 saturated carbocycles. The standard InChI is InChI=1S/C15H23FN2/c1-18(11-13-6-5-7-14(16)10-13)15(12-17)8-3-2-4-9-15/h5-7,10H,2-4,8-9,11-12,17H2,1H3. The summed E-state index contributed by atoms with van der Waals surface area (Å²) in [6.07, 6.45) is 6.15. The van der Waals surface area contributed by atoms with Crippen LogP contribution in [0, 0.1) is 5.82 Å². The van der Waals surface area contributed by atoms with Gasteiger partial charge in [-0.05, 0) is 37.6 Å². The van der Waals surface area contributed by atoms with E-state index in [1.165, 1.54) is 25.3 Å². The van der Waals surface area contributed by atoms with Crippen LogP contribution in [0.4, 0.5) is 4.39 Å². The number of nitrogens with two attached hydrogens (primary N) is 1. The summed E-state index contributed by atoms with van der Waals surface area (Å²) in [5, 5.41) is 0. The number of rotatable bonds is 4. The summed E-state index contributed by atoms with van der Waals surface area (Å²) < 4.78 is 13.2. The van der Waals surface area contributed by atoms with Gasteiger partial charge in [-0.15, -0.1) is 0 Å². The van der Waals surface area contributed by atoms with Gasteiger partial charge in [0.05, 0.1) is 0 Å². The van der Waals surface area contributed by atoms with E-state index in [-0.39, 0.29) is 11.4 Å². The van der Waals surface area contributed by atoms with Gasteiger partial charge in [-0.2, -0.15) is 0 Å². The molecule has 0 saturated heterocycles. The number of nitrogens with zero attached hydrogens (tertiary/aromatic N) is 1. The molecule has 0 aromatic heterocycles. The minimum absolute atomic E-state index is 0.116. The average Bonchev–Trinajstić information content (AvgIpc) is 2.39. The molecule has 0 heterocycles. The molecule has 0 amide bonds. The summed E-state index contributed by atoms with van der Waals surface area (Å²) in [5.74, 6) is -0.161. The van der Waals surface area contributed by atoms with Gasteiger partial charge in [-0.1, -0.05) is 31.4 Å². The molecule has 0 radical (unpaired) electrons. The Morgan fingerprint density at radius 1 is 1.28 bits per heavy atom. The fraction of sp³-hybridized carbons (Fsp3) is 0.600. The van der Waals surface area contributed by atoms with Crippen LogP contribution in [0.5, 0.6) is 0 Å². The lowest BCUT2D eigenvalue weighted by Gasteiger charge is -2.44. The summed E-state index contributed by atoms with van der Waals surface area (Å²) in [4.78, 5) is 2.32. The highest BCUT2D eigenvalue weighted by molar-refractivity contribution is 5.16. The van der Waals surface area contributed by atoms with E-state index in [0.717, 1.165) is 24.9 Å². The van der Waals surface area contributed by atoms with E-state index in [0.29, 0.717) is 6.54 Å². The van der Waals surface area contributed by atoms with Gasteiger partial charge in [0, 0.05) is 18.6 Å². The van der Waals surface area contributed by atoms with Crippen LogP contribution < -0.4 is 5.73 Å². The lowest BCUT2D eigenvalue weighted by molar-refractivity contribution is 0.0758. The monoisotopic (exact) mass is 250 g/mol. The minimum atomic E-state index is -0.161. The fourth-order valence-electron chi connectivity index (χ4n) is 3.03. The minimum Gasteiger partial charge on any atom is -0.329 e. The first-order valence-electron chi connectivity index (χ1n) is 6.82. The van der Waals surface area contributed by atoms with Crippen LogP contribution in [0.15, 0.2) is 24.3 Å². The molecular formula is C15H23FN2.